The van der Waals surface area contributed by atoms with Crippen LogP contribution in [0.4, 0.5) is 0 Å². The van der Waals surface area contributed by atoms with Crippen LogP contribution in [0, 0.1) is 34.0 Å². The van der Waals surface area contributed by atoms with E-state index < -0.39 is 0 Å². The fraction of sp³-hybridized carbons (Fsp3) is 0.0377. The first kappa shape index (κ1) is 32.5. The van der Waals surface area contributed by atoms with Gasteiger partial charge in [0.2, 0.25) is 0 Å². The van der Waals surface area contributed by atoms with Crippen molar-refractivity contribution in [2.24, 2.45) is 0 Å². The Morgan fingerprint density at radius 2 is 1.02 bits per heavy atom. The first-order valence-electron chi connectivity index (χ1n) is 19.3. The molecule has 3 aliphatic rings. The molecular weight excluding hydrogens is 725 g/mol. The highest BCUT2D eigenvalue weighted by atomic mass is 32.1. The van der Waals surface area contributed by atoms with E-state index in [0.29, 0.717) is 16.7 Å². The first-order valence-corrected chi connectivity index (χ1v) is 20.1. The normalized spacial score (nSPS) is 14.8. The van der Waals surface area contributed by atoms with E-state index >= 15 is 0 Å². The van der Waals surface area contributed by atoms with Crippen molar-refractivity contribution < 1.29 is 0 Å². The van der Waals surface area contributed by atoms with Gasteiger partial charge in [0, 0.05) is 48.5 Å². The Labute approximate surface area is 337 Å². The van der Waals surface area contributed by atoms with Crippen molar-refractivity contribution in [1.29, 1.82) is 15.8 Å². The van der Waals surface area contributed by atoms with Crippen LogP contribution in [-0.4, -0.2) is 4.57 Å². The van der Waals surface area contributed by atoms with Gasteiger partial charge in [-0.1, -0.05) is 72.8 Å². The quantitative estimate of drug-likeness (QED) is 0.180. The lowest BCUT2D eigenvalue weighted by atomic mass is 9.60. The summed E-state index contributed by atoms with van der Waals surface area (Å²) in [5.41, 5.74) is 16.1. The van der Waals surface area contributed by atoms with Gasteiger partial charge in [-0.2, -0.15) is 15.8 Å². The molecule has 266 valence electrons. The van der Waals surface area contributed by atoms with Gasteiger partial charge in [-0.25, -0.2) is 0 Å². The molecule has 2 bridgehead atoms. The third kappa shape index (κ3) is 4.53. The molecule has 10 aromatic rings. The number of nitrogens with zero attached hydrogens (tertiary/aromatic N) is 4. The van der Waals surface area contributed by atoms with Gasteiger partial charge in [0.15, 0.2) is 0 Å². The van der Waals surface area contributed by atoms with Crippen LogP contribution in [0.3, 0.4) is 0 Å². The van der Waals surface area contributed by atoms with E-state index in [9.17, 15) is 15.8 Å². The molecule has 3 aliphatic carbocycles. The Morgan fingerprint density at radius 3 is 1.72 bits per heavy atom. The Morgan fingerprint density at radius 1 is 0.414 bits per heavy atom. The van der Waals surface area contributed by atoms with Gasteiger partial charge in [0.25, 0.3) is 0 Å². The van der Waals surface area contributed by atoms with Gasteiger partial charge in [-0.3, -0.25) is 0 Å². The van der Waals surface area contributed by atoms with Gasteiger partial charge >= 0.3 is 0 Å². The van der Waals surface area contributed by atoms with Crippen LogP contribution in [0.15, 0.2) is 158 Å². The van der Waals surface area contributed by atoms with Crippen LogP contribution < -0.4 is 0 Å². The smallest absolute Gasteiger partial charge is 0.0998 e. The maximum absolute atomic E-state index is 10.8. The summed E-state index contributed by atoms with van der Waals surface area (Å²) in [6, 6.07) is 62.8. The summed E-state index contributed by atoms with van der Waals surface area (Å²) in [5, 5.41) is 35.3. The van der Waals surface area contributed by atoms with Crippen LogP contribution in [0.25, 0.3) is 69.9 Å². The van der Waals surface area contributed by atoms with E-state index in [1.54, 1.807) is 0 Å². The lowest BCUT2D eigenvalue weighted by Gasteiger charge is -2.42. The van der Waals surface area contributed by atoms with E-state index in [0.717, 1.165) is 66.4 Å². The van der Waals surface area contributed by atoms with Crippen LogP contribution in [0.1, 0.15) is 61.9 Å². The molecule has 0 saturated carbocycles. The molecule has 2 heterocycles. The lowest BCUT2D eigenvalue weighted by Crippen LogP contribution is -2.28. The molecule has 4 nitrogen and oxygen atoms in total. The molecule has 2 aromatic heterocycles. The molecule has 0 fully saturated rings. The number of rotatable bonds is 3. The monoisotopic (exact) mass is 752 g/mol. The largest absolute Gasteiger partial charge is 0.309 e. The highest BCUT2D eigenvalue weighted by Gasteiger charge is 2.42. The average molecular weight is 753 g/mol. The summed E-state index contributed by atoms with van der Waals surface area (Å²) < 4.78 is 4.93. The van der Waals surface area contributed by atoms with E-state index in [-0.39, 0.29) is 11.8 Å². The minimum absolute atomic E-state index is 0.0841. The minimum Gasteiger partial charge on any atom is -0.309 e. The molecule has 0 aliphatic heterocycles. The maximum Gasteiger partial charge on any atom is 0.0998 e. The molecule has 0 amide bonds. The van der Waals surface area contributed by atoms with Crippen LogP contribution in [0.5, 0.6) is 0 Å². The zero-order valence-electron chi connectivity index (χ0n) is 30.9. The SMILES string of the molecule is N#Cc1ccc2c(c1)C1c3cc(C#N)ccc3C2c2cc(-c3ccc4c(c3)c3cc(-c5ccccc5)ccc3n4-c3ccc4sc5ccccc5c4c3)c(C#N)cc21. The van der Waals surface area contributed by atoms with Crippen molar-refractivity contribution in [2.45, 2.75) is 11.8 Å². The lowest BCUT2D eigenvalue weighted by molar-refractivity contribution is 0.753. The molecule has 0 N–H and O–H groups in total. The number of aromatic nitrogens is 1. The van der Waals surface area contributed by atoms with Gasteiger partial charge in [-0.15, -0.1) is 11.3 Å². The van der Waals surface area contributed by atoms with Gasteiger partial charge in [0.1, 0.15) is 0 Å². The van der Waals surface area contributed by atoms with Gasteiger partial charge in [-0.05, 0) is 141 Å². The number of fused-ring (bicyclic) bond motifs is 6. The topological polar surface area (TPSA) is 76.3 Å². The second kappa shape index (κ2) is 12.1. The van der Waals surface area contributed by atoms with Crippen molar-refractivity contribution >= 4 is 53.3 Å². The molecule has 8 aromatic carbocycles. The first-order chi connectivity index (χ1) is 28.6. The molecule has 5 heteroatoms. The van der Waals surface area contributed by atoms with Crippen LogP contribution in [0.2, 0.25) is 0 Å². The molecule has 58 heavy (non-hydrogen) atoms. The van der Waals surface area contributed by atoms with Crippen molar-refractivity contribution in [2.75, 3.05) is 0 Å². The van der Waals surface area contributed by atoms with Crippen molar-refractivity contribution in [3.63, 3.8) is 0 Å². The summed E-state index contributed by atoms with van der Waals surface area (Å²) in [4.78, 5) is 0. The minimum atomic E-state index is -0.178. The van der Waals surface area contributed by atoms with Crippen molar-refractivity contribution in [1.82, 2.24) is 4.57 Å². The van der Waals surface area contributed by atoms with E-state index in [2.05, 4.69) is 150 Å². The zero-order valence-corrected chi connectivity index (χ0v) is 31.7. The molecule has 13 rings (SSSR count). The third-order valence-corrected chi connectivity index (χ3v) is 13.6. The highest BCUT2D eigenvalue weighted by Crippen LogP contribution is 2.57. The van der Waals surface area contributed by atoms with Crippen molar-refractivity contribution in [3.8, 4) is 46.1 Å². The third-order valence-electron chi connectivity index (χ3n) is 12.4. The van der Waals surface area contributed by atoms with Crippen LogP contribution in [-0.2, 0) is 0 Å². The Kier molecular flexibility index (Phi) is 6.79. The fourth-order valence-electron chi connectivity index (χ4n) is 9.92. The molecular formula is C53H28N4S. The molecule has 0 saturated heterocycles. The summed E-state index contributed by atoms with van der Waals surface area (Å²) in [6.45, 7) is 0. The summed E-state index contributed by atoms with van der Waals surface area (Å²) in [7, 11) is 0. The predicted molar refractivity (Wildman–Crippen MR) is 233 cm³/mol. The van der Waals surface area contributed by atoms with Crippen molar-refractivity contribution in [3.05, 3.63) is 208 Å². The number of hydrogen-bond acceptors (Lipinski definition) is 4. The number of thiophene rings is 1. The van der Waals surface area contributed by atoms with Gasteiger partial charge < -0.3 is 4.57 Å². The van der Waals surface area contributed by atoms with Crippen LogP contribution >= 0.6 is 11.3 Å². The Bertz CT molecular complexity index is 3500. The number of nitriles is 3. The molecule has 0 radical (unpaired) electrons. The number of hydrogen-bond donors (Lipinski definition) is 0. The second-order valence-electron chi connectivity index (χ2n) is 15.4. The van der Waals surface area contributed by atoms with E-state index in [4.69, 9.17) is 0 Å². The summed E-state index contributed by atoms with van der Waals surface area (Å²) >= 11 is 1.83. The Hall–Kier alpha value is -7.75. The van der Waals surface area contributed by atoms with E-state index in [1.165, 1.54) is 36.9 Å². The number of benzene rings is 8. The summed E-state index contributed by atoms with van der Waals surface area (Å²) in [5.74, 6) is -0.263. The zero-order chi connectivity index (χ0) is 38.6. The molecule has 0 atom stereocenters. The average Bonchev–Trinajstić information content (AvgIpc) is 3.82. The molecule has 0 unspecified atom stereocenters. The second-order valence-corrected chi connectivity index (χ2v) is 16.4. The predicted octanol–water partition coefficient (Wildman–Crippen LogP) is 13.1. The molecule has 0 spiro atoms. The van der Waals surface area contributed by atoms with E-state index in [1.807, 2.05) is 41.7 Å². The highest BCUT2D eigenvalue weighted by molar-refractivity contribution is 7.25. The standard InChI is InChI=1S/C53H28N4S/c54-27-30-10-15-38-44(20-30)53-45-21-31(28-55)11-16-39(45)52(38)47-26-40(35(29-56)24-46(47)53)34-13-18-49-42(23-34)41-22-33(32-6-2-1-3-7-32)12-17-48(41)57(49)36-14-19-51-43(25-36)37-8-4-5-9-50(37)58-51/h1-26,52-53H. The summed E-state index contributed by atoms with van der Waals surface area (Å²) in [6.07, 6.45) is 0. The Balaban J connectivity index is 1.09. The fourth-order valence-corrected chi connectivity index (χ4v) is 11.0. The maximum atomic E-state index is 10.8. The van der Waals surface area contributed by atoms with Gasteiger partial charge in [0.05, 0.1) is 45.9 Å².